The van der Waals surface area contributed by atoms with Gasteiger partial charge in [-0.05, 0) is 18.2 Å². The van der Waals surface area contributed by atoms with Crippen LogP contribution in [0.2, 0.25) is 0 Å². The van der Waals surface area contributed by atoms with E-state index in [9.17, 15) is 4.39 Å². The molecule has 2 heteroatoms. The summed E-state index contributed by atoms with van der Waals surface area (Å²) in [5.74, 6) is -0.353. The topological polar surface area (TPSA) is 13.1 Å². The van der Waals surface area contributed by atoms with Crippen LogP contribution in [0.3, 0.4) is 0 Å². The SMILES string of the molecule is Fc1[c]c2ccoc2cc1. The van der Waals surface area contributed by atoms with Crippen LogP contribution in [0.15, 0.2) is 28.9 Å². The summed E-state index contributed by atoms with van der Waals surface area (Å²) in [6.07, 6.45) is 1.51. The summed E-state index contributed by atoms with van der Waals surface area (Å²) >= 11 is 0. The third-order valence-corrected chi connectivity index (χ3v) is 1.33. The van der Waals surface area contributed by atoms with Gasteiger partial charge in [-0.3, -0.25) is 0 Å². The fourth-order valence-electron chi connectivity index (χ4n) is 0.872. The molecule has 0 aliphatic heterocycles. The van der Waals surface area contributed by atoms with Gasteiger partial charge in [0.15, 0.2) is 0 Å². The van der Waals surface area contributed by atoms with E-state index in [-0.39, 0.29) is 5.82 Å². The molecule has 0 saturated carbocycles. The average Bonchev–Trinajstić information content (AvgIpc) is 2.33. The van der Waals surface area contributed by atoms with Crippen molar-refractivity contribution in [3.8, 4) is 0 Å². The van der Waals surface area contributed by atoms with Crippen LogP contribution in [-0.2, 0) is 0 Å². The summed E-state index contributed by atoms with van der Waals surface area (Å²) < 4.78 is 17.4. The zero-order valence-corrected chi connectivity index (χ0v) is 5.10. The number of hydrogen-bond donors (Lipinski definition) is 0. The van der Waals surface area contributed by atoms with Crippen LogP contribution in [-0.4, -0.2) is 0 Å². The number of hydrogen-bond acceptors (Lipinski definition) is 1. The Kier molecular flexibility index (Phi) is 1.01. The zero-order valence-electron chi connectivity index (χ0n) is 5.10. The Morgan fingerprint density at radius 1 is 1.30 bits per heavy atom. The van der Waals surface area contributed by atoms with Crippen molar-refractivity contribution in [2.45, 2.75) is 0 Å². The van der Waals surface area contributed by atoms with Gasteiger partial charge in [-0.1, -0.05) is 0 Å². The lowest BCUT2D eigenvalue weighted by Gasteiger charge is -1.85. The smallest absolute Gasteiger partial charge is 0.134 e. The highest BCUT2D eigenvalue weighted by atomic mass is 19.1. The predicted molar refractivity (Wildman–Crippen MR) is 35.0 cm³/mol. The first-order valence-electron chi connectivity index (χ1n) is 2.91. The third kappa shape index (κ3) is 0.692. The molecule has 0 aliphatic carbocycles. The maximum atomic E-state index is 12.4. The summed E-state index contributed by atoms with van der Waals surface area (Å²) in [7, 11) is 0. The van der Waals surface area contributed by atoms with Crippen molar-refractivity contribution >= 4 is 11.0 Å². The third-order valence-electron chi connectivity index (χ3n) is 1.33. The van der Waals surface area contributed by atoms with E-state index in [2.05, 4.69) is 6.07 Å². The van der Waals surface area contributed by atoms with E-state index >= 15 is 0 Å². The molecule has 0 N–H and O–H groups in total. The molecular formula is C8H4FO. The number of benzene rings is 1. The van der Waals surface area contributed by atoms with Crippen molar-refractivity contribution in [3.63, 3.8) is 0 Å². The fraction of sp³-hybridized carbons (Fsp3) is 0. The highest BCUT2D eigenvalue weighted by molar-refractivity contribution is 5.75. The standard InChI is InChI=1S/C8H4FO/c9-7-1-2-8-6(5-7)3-4-10-8/h1-4H. The fourth-order valence-corrected chi connectivity index (χ4v) is 0.872. The van der Waals surface area contributed by atoms with Gasteiger partial charge in [-0.25, -0.2) is 4.39 Å². The molecule has 10 heavy (non-hydrogen) atoms. The lowest BCUT2D eigenvalue weighted by Crippen LogP contribution is -1.70. The van der Waals surface area contributed by atoms with Gasteiger partial charge in [0.1, 0.15) is 11.4 Å². The molecule has 0 atom stereocenters. The van der Waals surface area contributed by atoms with Crippen LogP contribution in [0.4, 0.5) is 4.39 Å². The monoisotopic (exact) mass is 135 g/mol. The van der Waals surface area contributed by atoms with Crippen molar-refractivity contribution in [1.82, 2.24) is 0 Å². The zero-order chi connectivity index (χ0) is 6.97. The Labute approximate surface area is 57.1 Å². The molecule has 2 rings (SSSR count). The van der Waals surface area contributed by atoms with E-state index in [4.69, 9.17) is 4.42 Å². The van der Waals surface area contributed by atoms with Crippen molar-refractivity contribution in [1.29, 1.82) is 0 Å². The summed E-state index contributed by atoms with van der Waals surface area (Å²) in [4.78, 5) is 0. The molecule has 0 unspecified atom stereocenters. The molecule has 1 radical (unpaired) electrons. The van der Waals surface area contributed by atoms with Crippen LogP contribution in [0.25, 0.3) is 11.0 Å². The normalized spacial score (nSPS) is 10.5. The number of rotatable bonds is 0. The Hall–Kier alpha value is -1.31. The maximum Gasteiger partial charge on any atom is 0.134 e. The van der Waals surface area contributed by atoms with Crippen molar-refractivity contribution in [2.24, 2.45) is 0 Å². The van der Waals surface area contributed by atoms with Crippen molar-refractivity contribution < 1.29 is 8.81 Å². The molecule has 1 heterocycles. The number of halogens is 1. The number of fused-ring (bicyclic) bond motifs is 1. The summed E-state index contributed by atoms with van der Waals surface area (Å²) in [6.45, 7) is 0. The van der Waals surface area contributed by atoms with Gasteiger partial charge in [-0.15, -0.1) is 0 Å². The van der Waals surface area contributed by atoms with Crippen molar-refractivity contribution in [2.75, 3.05) is 0 Å². The second kappa shape index (κ2) is 1.84. The largest absolute Gasteiger partial charge is 0.464 e. The minimum atomic E-state index is -0.353. The molecule has 1 aromatic heterocycles. The lowest BCUT2D eigenvalue weighted by molar-refractivity contribution is 0.609. The van der Waals surface area contributed by atoms with Crippen LogP contribution < -0.4 is 0 Å². The highest BCUT2D eigenvalue weighted by Crippen LogP contribution is 2.14. The Morgan fingerprint density at radius 2 is 2.20 bits per heavy atom. The van der Waals surface area contributed by atoms with Gasteiger partial charge in [-0.2, -0.15) is 0 Å². The second-order valence-electron chi connectivity index (χ2n) is 2.00. The summed E-state index contributed by atoms with van der Waals surface area (Å²) in [5.41, 5.74) is 0.668. The Balaban J connectivity index is 2.86. The maximum absolute atomic E-state index is 12.4. The first kappa shape index (κ1) is 5.47. The number of furan rings is 1. The second-order valence-corrected chi connectivity index (χ2v) is 2.00. The minimum Gasteiger partial charge on any atom is -0.464 e. The summed E-state index contributed by atoms with van der Waals surface area (Å²) in [5, 5.41) is 0.681. The lowest BCUT2D eigenvalue weighted by atomic mass is 10.2. The van der Waals surface area contributed by atoms with Crippen LogP contribution >= 0.6 is 0 Å². The molecule has 0 saturated heterocycles. The van der Waals surface area contributed by atoms with E-state index < -0.39 is 0 Å². The quantitative estimate of drug-likeness (QED) is 0.540. The molecule has 1 nitrogen and oxygen atoms in total. The average molecular weight is 135 g/mol. The van der Waals surface area contributed by atoms with Gasteiger partial charge >= 0.3 is 0 Å². The molecule has 0 aliphatic rings. The van der Waals surface area contributed by atoms with Gasteiger partial charge in [0, 0.05) is 11.5 Å². The molecule has 0 fully saturated rings. The molecule has 0 spiro atoms. The minimum absolute atomic E-state index is 0.353. The highest BCUT2D eigenvalue weighted by Gasteiger charge is 1.96. The first-order valence-corrected chi connectivity index (χ1v) is 2.91. The molecular weight excluding hydrogens is 131 g/mol. The van der Waals surface area contributed by atoms with E-state index in [0.29, 0.717) is 11.0 Å². The van der Waals surface area contributed by atoms with Gasteiger partial charge < -0.3 is 4.42 Å². The molecule has 49 valence electrons. The van der Waals surface area contributed by atoms with Gasteiger partial charge in [0.05, 0.1) is 6.26 Å². The Morgan fingerprint density at radius 3 is 3.10 bits per heavy atom. The summed E-state index contributed by atoms with van der Waals surface area (Å²) in [6, 6.07) is 7.10. The van der Waals surface area contributed by atoms with E-state index in [1.165, 1.54) is 12.3 Å². The molecule has 0 bridgehead atoms. The first-order chi connectivity index (χ1) is 4.86. The van der Waals surface area contributed by atoms with Crippen LogP contribution in [0, 0.1) is 11.9 Å². The molecule has 1 aromatic carbocycles. The van der Waals surface area contributed by atoms with E-state index in [0.717, 1.165) is 0 Å². The molecule has 0 amide bonds. The van der Waals surface area contributed by atoms with Crippen LogP contribution in [0.5, 0.6) is 0 Å². The van der Waals surface area contributed by atoms with Gasteiger partial charge in [0.25, 0.3) is 0 Å². The molecule has 2 aromatic rings. The van der Waals surface area contributed by atoms with Gasteiger partial charge in [0.2, 0.25) is 0 Å². The van der Waals surface area contributed by atoms with E-state index in [1.54, 1.807) is 12.1 Å². The van der Waals surface area contributed by atoms with Crippen LogP contribution in [0.1, 0.15) is 0 Å². The Bertz CT molecular complexity index is 351. The van der Waals surface area contributed by atoms with E-state index in [1.807, 2.05) is 0 Å². The van der Waals surface area contributed by atoms with Crippen molar-refractivity contribution in [3.05, 3.63) is 36.3 Å². The predicted octanol–water partition coefficient (Wildman–Crippen LogP) is 2.37.